The molecule has 0 N–H and O–H groups in total. The number of ketones is 1. The van der Waals surface area contributed by atoms with Crippen LogP contribution >= 0.6 is 0 Å². The number of Topliss-reactive ketones (excluding diaryl/α,β-unsaturated/α-hetero) is 1. The molecule has 2 aromatic carbocycles. The Hall–Kier alpha value is -3.15. The van der Waals surface area contributed by atoms with Crippen LogP contribution in [-0.4, -0.2) is 27.2 Å². The van der Waals surface area contributed by atoms with Gasteiger partial charge in [0, 0.05) is 11.5 Å². The van der Waals surface area contributed by atoms with Gasteiger partial charge in [0.2, 0.25) is 0 Å². The Balaban J connectivity index is 1.66. The maximum atomic E-state index is 12.9. The van der Waals surface area contributed by atoms with E-state index in [0.717, 1.165) is 24.4 Å². The normalized spacial score (nSPS) is 13.6. The number of hydrogen-bond acceptors (Lipinski definition) is 4. The number of aromatic nitrogens is 3. The Morgan fingerprint density at radius 2 is 1.81 bits per heavy atom. The molecular formula is C20H19N3O3. The maximum Gasteiger partial charge on any atom is 0.351 e. The molecule has 0 atom stereocenters. The molecule has 1 aromatic heterocycles. The predicted molar refractivity (Wildman–Crippen MR) is 97.1 cm³/mol. The average Bonchev–Trinajstić information content (AvgIpc) is 3.48. The van der Waals surface area contributed by atoms with E-state index in [1.54, 1.807) is 35.9 Å². The van der Waals surface area contributed by atoms with Gasteiger partial charge in [-0.3, -0.25) is 4.79 Å². The molecule has 6 nitrogen and oxygen atoms in total. The van der Waals surface area contributed by atoms with Gasteiger partial charge in [-0.05, 0) is 49.2 Å². The highest BCUT2D eigenvalue weighted by Gasteiger charge is 2.31. The lowest BCUT2D eigenvalue weighted by molar-refractivity contribution is 0.0966. The van der Waals surface area contributed by atoms with Crippen LogP contribution in [0.4, 0.5) is 0 Å². The second kappa shape index (κ2) is 6.63. The quantitative estimate of drug-likeness (QED) is 0.642. The second-order valence-electron chi connectivity index (χ2n) is 6.40. The van der Waals surface area contributed by atoms with Gasteiger partial charge < -0.3 is 4.74 Å². The van der Waals surface area contributed by atoms with Gasteiger partial charge in [-0.1, -0.05) is 18.2 Å². The summed E-state index contributed by atoms with van der Waals surface area (Å²) in [5.74, 6) is 1.56. The summed E-state index contributed by atoms with van der Waals surface area (Å²) in [7, 11) is 1.58. The molecule has 0 amide bonds. The van der Waals surface area contributed by atoms with Crippen LogP contribution in [0.1, 0.15) is 34.9 Å². The summed E-state index contributed by atoms with van der Waals surface area (Å²) in [6, 6.07) is 16.3. The first kappa shape index (κ1) is 16.3. The van der Waals surface area contributed by atoms with Crippen LogP contribution in [0.5, 0.6) is 5.75 Å². The second-order valence-corrected chi connectivity index (χ2v) is 6.40. The number of rotatable bonds is 6. The van der Waals surface area contributed by atoms with Crippen LogP contribution in [0, 0.1) is 0 Å². The predicted octanol–water partition coefficient (Wildman–Crippen LogP) is 2.80. The molecule has 0 saturated heterocycles. The van der Waals surface area contributed by atoms with Gasteiger partial charge in [0.1, 0.15) is 18.1 Å². The third-order valence-electron chi connectivity index (χ3n) is 4.53. The number of para-hydroxylation sites is 1. The minimum atomic E-state index is -0.278. The fourth-order valence-corrected chi connectivity index (χ4v) is 2.96. The summed E-state index contributed by atoms with van der Waals surface area (Å²) in [4.78, 5) is 25.4. The van der Waals surface area contributed by atoms with Gasteiger partial charge in [-0.2, -0.15) is 5.10 Å². The van der Waals surface area contributed by atoms with E-state index in [1.165, 1.54) is 4.68 Å². The lowest BCUT2D eigenvalue weighted by Crippen LogP contribution is -2.27. The van der Waals surface area contributed by atoms with Crippen molar-refractivity contribution in [3.63, 3.8) is 0 Å². The molecule has 0 unspecified atom stereocenters. The van der Waals surface area contributed by atoms with Crippen molar-refractivity contribution in [2.45, 2.75) is 25.3 Å². The summed E-state index contributed by atoms with van der Waals surface area (Å²) in [6.45, 7) is -0.0787. The topological polar surface area (TPSA) is 66.1 Å². The fraction of sp³-hybridized carbons (Fsp3) is 0.250. The van der Waals surface area contributed by atoms with Crippen molar-refractivity contribution in [1.29, 1.82) is 0 Å². The summed E-state index contributed by atoms with van der Waals surface area (Å²) >= 11 is 0. The van der Waals surface area contributed by atoms with E-state index in [2.05, 4.69) is 5.10 Å². The highest BCUT2D eigenvalue weighted by molar-refractivity contribution is 5.95. The van der Waals surface area contributed by atoms with Crippen LogP contribution in [-0.2, 0) is 6.54 Å². The molecule has 3 aromatic rings. The third-order valence-corrected chi connectivity index (χ3v) is 4.53. The molecule has 1 fully saturated rings. The smallest absolute Gasteiger partial charge is 0.351 e. The molecule has 1 aliphatic rings. The van der Waals surface area contributed by atoms with Gasteiger partial charge in [0.15, 0.2) is 5.78 Å². The summed E-state index contributed by atoms with van der Waals surface area (Å²) in [5, 5.41) is 4.47. The molecule has 0 spiro atoms. The highest BCUT2D eigenvalue weighted by atomic mass is 16.5. The average molecular weight is 349 g/mol. The van der Waals surface area contributed by atoms with E-state index in [4.69, 9.17) is 4.74 Å². The molecule has 6 heteroatoms. The molecule has 26 heavy (non-hydrogen) atoms. The van der Waals surface area contributed by atoms with Crippen molar-refractivity contribution in [1.82, 2.24) is 14.3 Å². The first-order valence-electron chi connectivity index (χ1n) is 8.60. The first-order chi connectivity index (χ1) is 12.7. The van der Waals surface area contributed by atoms with Crippen LogP contribution in [0.15, 0.2) is 59.4 Å². The first-order valence-corrected chi connectivity index (χ1v) is 8.60. The van der Waals surface area contributed by atoms with Crippen LogP contribution in [0.3, 0.4) is 0 Å². The van der Waals surface area contributed by atoms with Crippen molar-refractivity contribution in [2.24, 2.45) is 0 Å². The van der Waals surface area contributed by atoms with Gasteiger partial charge in [-0.15, -0.1) is 0 Å². The molecule has 4 rings (SSSR count). The lowest BCUT2D eigenvalue weighted by Gasteiger charge is -2.03. The maximum absolute atomic E-state index is 12.9. The summed E-state index contributed by atoms with van der Waals surface area (Å²) in [5.41, 5.74) is 1.03. The molecule has 1 heterocycles. The number of carbonyl (C=O) groups excluding carboxylic acids is 1. The molecular weight excluding hydrogens is 330 g/mol. The summed E-state index contributed by atoms with van der Waals surface area (Å²) < 4.78 is 8.00. The number of methoxy groups -OCH3 is 1. The molecule has 0 radical (unpaired) electrons. The largest absolute Gasteiger partial charge is 0.497 e. The zero-order valence-electron chi connectivity index (χ0n) is 14.5. The van der Waals surface area contributed by atoms with Crippen LogP contribution in [0.2, 0.25) is 0 Å². The standard InChI is InChI=1S/C20H19N3O3/c1-26-17-11-9-14(10-12-17)18(24)13-22-20(25)23(16-5-3-2-4-6-16)19(21-22)15-7-8-15/h2-6,9-12,15H,7-8,13H2,1H3. The van der Waals surface area contributed by atoms with Crippen molar-refractivity contribution >= 4 is 5.78 Å². The van der Waals surface area contributed by atoms with Gasteiger partial charge >= 0.3 is 5.69 Å². The Labute approximate surface area is 150 Å². The minimum Gasteiger partial charge on any atom is -0.497 e. The zero-order valence-corrected chi connectivity index (χ0v) is 14.5. The molecule has 1 aliphatic carbocycles. The van der Waals surface area contributed by atoms with Crippen molar-refractivity contribution in [3.05, 3.63) is 76.5 Å². The number of benzene rings is 2. The van der Waals surface area contributed by atoms with Gasteiger partial charge in [0.05, 0.1) is 12.8 Å². The zero-order chi connectivity index (χ0) is 18.1. The van der Waals surface area contributed by atoms with E-state index in [9.17, 15) is 9.59 Å². The fourth-order valence-electron chi connectivity index (χ4n) is 2.96. The number of hydrogen-bond donors (Lipinski definition) is 0. The Morgan fingerprint density at radius 1 is 1.12 bits per heavy atom. The van der Waals surface area contributed by atoms with Crippen molar-refractivity contribution < 1.29 is 9.53 Å². The van der Waals surface area contributed by atoms with Crippen molar-refractivity contribution in [3.8, 4) is 11.4 Å². The minimum absolute atomic E-state index is 0.0787. The molecule has 0 aliphatic heterocycles. The highest BCUT2D eigenvalue weighted by Crippen LogP contribution is 2.39. The number of ether oxygens (including phenoxy) is 1. The lowest BCUT2D eigenvalue weighted by atomic mass is 10.1. The van der Waals surface area contributed by atoms with Crippen molar-refractivity contribution in [2.75, 3.05) is 7.11 Å². The van der Waals surface area contributed by atoms with Gasteiger partial charge in [0.25, 0.3) is 0 Å². The Kier molecular flexibility index (Phi) is 4.16. The molecule has 0 bridgehead atoms. The third kappa shape index (κ3) is 3.06. The number of carbonyl (C=O) groups is 1. The van der Waals surface area contributed by atoms with E-state index >= 15 is 0 Å². The van der Waals surface area contributed by atoms with Crippen LogP contribution < -0.4 is 10.4 Å². The van der Waals surface area contributed by atoms with Gasteiger partial charge in [-0.25, -0.2) is 14.0 Å². The van der Waals surface area contributed by atoms with E-state index < -0.39 is 0 Å². The Morgan fingerprint density at radius 3 is 2.42 bits per heavy atom. The SMILES string of the molecule is COc1ccc(C(=O)Cn2nc(C3CC3)n(-c3ccccc3)c2=O)cc1. The van der Waals surface area contributed by atoms with E-state index in [1.807, 2.05) is 30.3 Å². The molecule has 1 saturated carbocycles. The van der Waals surface area contributed by atoms with E-state index in [0.29, 0.717) is 17.2 Å². The van der Waals surface area contributed by atoms with E-state index in [-0.39, 0.29) is 18.0 Å². The monoisotopic (exact) mass is 349 g/mol. The van der Waals surface area contributed by atoms with Crippen LogP contribution in [0.25, 0.3) is 5.69 Å². The number of nitrogens with zero attached hydrogens (tertiary/aromatic N) is 3. The Bertz CT molecular complexity index is 983. The molecule has 132 valence electrons. The summed E-state index contributed by atoms with van der Waals surface area (Å²) in [6.07, 6.45) is 2.05.